The molecular weight excluding hydrogens is 592 g/mol. The highest BCUT2D eigenvalue weighted by molar-refractivity contribution is 5.87. The third-order valence-corrected chi connectivity index (χ3v) is 8.93. The van der Waals surface area contributed by atoms with Crippen LogP contribution in [0.2, 0.25) is 0 Å². The molecule has 6 nitrogen and oxygen atoms in total. The van der Waals surface area contributed by atoms with Gasteiger partial charge in [0.05, 0.1) is 5.84 Å². The molecule has 0 aliphatic carbocycles. The van der Waals surface area contributed by atoms with E-state index in [1.165, 1.54) is 116 Å². The van der Waals surface area contributed by atoms with E-state index in [1.807, 2.05) is 0 Å². The average Bonchev–Trinajstić information content (AvgIpc) is 3.07. The number of nitrogens with one attached hydrogen (secondary N) is 3. The molecule has 0 saturated carbocycles. The fourth-order valence-corrected chi connectivity index (χ4v) is 5.84. The highest BCUT2D eigenvalue weighted by Gasteiger charge is 2.20. The summed E-state index contributed by atoms with van der Waals surface area (Å²) in [6, 6.07) is -0.552. The monoisotopic (exact) mass is 671 g/mol. The summed E-state index contributed by atoms with van der Waals surface area (Å²) in [6.45, 7) is 5.15. The minimum absolute atomic E-state index is 0.0547. The number of carbonyl (C=O) groups excluding carboxylic acids is 2. The molecule has 6 heteroatoms. The van der Waals surface area contributed by atoms with E-state index in [9.17, 15) is 9.59 Å². The Labute approximate surface area is 297 Å². The number of amidine groups is 1. The number of amides is 2. The summed E-state index contributed by atoms with van der Waals surface area (Å²) in [4.78, 5) is 25.5. The SMILES string of the molecule is CCCCC/C=C\C/C=C\CCCCCCCC(=O)NC(CCCC(=N)N)C(=O)NCCCCCCCC/C=C\CCCCCCCC. The molecule has 0 fully saturated rings. The molecule has 0 heterocycles. The number of hydrogen-bond acceptors (Lipinski definition) is 3. The van der Waals surface area contributed by atoms with Crippen LogP contribution in [0.3, 0.4) is 0 Å². The maximum Gasteiger partial charge on any atom is 0.242 e. The number of nitrogens with two attached hydrogens (primary N) is 1. The van der Waals surface area contributed by atoms with Crippen LogP contribution in [0, 0.1) is 5.41 Å². The summed E-state index contributed by atoms with van der Waals surface area (Å²) in [5, 5.41) is 13.5. The van der Waals surface area contributed by atoms with E-state index < -0.39 is 6.04 Å². The number of unbranched alkanes of at least 4 members (excludes halogenated alkanes) is 20. The molecule has 1 atom stereocenters. The lowest BCUT2D eigenvalue weighted by Gasteiger charge is -2.18. The Bertz CT molecular complexity index is 835. The first kappa shape index (κ1) is 45.6. The molecule has 278 valence electrons. The summed E-state index contributed by atoms with van der Waals surface area (Å²) in [6.07, 6.45) is 46.2. The van der Waals surface area contributed by atoms with Crippen LogP contribution in [-0.4, -0.2) is 30.2 Å². The second-order valence-electron chi connectivity index (χ2n) is 13.7. The van der Waals surface area contributed by atoms with Gasteiger partial charge in [-0.25, -0.2) is 0 Å². The van der Waals surface area contributed by atoms with Crippen LogP contribution in [-0.2, 0) is 9.59 Å². The largest absolute Gasteiger partial charge is 0.388 e. The lowest BCUT2D eigenvalue weighted by molar-refractivity contribution is -0.129. The van der Waals surface area contributed by atoms with E-state index in [0.717, 1.165) is 44.9 Å². The zero-order valence-electron chi connectivity index (χ0n) is 31.6. The first-order valence-corrected chi connectivity index (χ1v) is 20.4. The molecule has 0 aliphatic rings. The first-order chi connectivity index (χ1) is 23.5. The van der Waals surface area contributed by atoms with Crippen molar-refractivity contribution < 1.29 is 9.59 Å². The van der Waals surface area contributed by atoms with Gasteiger partial charge < -0.3 is 16.4 Å². The van der Waals surface area contributed by atoms with Gasteiger partial charge in [-0.15, -0.1) is 0 Å². The molecule has 0 aromatic carbocycles. The van der Waals surface area contributed by atoms with Gasteiger partial charge in [0, 0.05) is 19.4 Å². The van der Waals surface area contributed by atoms with E-state index in [4.69, 9.17) is 11.1 Å². The van der Waals surface area contributed by atoms with Crippen molar-refractivity contribution in [3.63, 3.8) is 0 Å². The van der Waals surface area contributed by atoms with Gasteiger partial charge in [0.1, 0.15) is 6.04 Å². The number of rotatable bonds is 36. The predicted octanol–water partition coefficient (Wildman–Crippen LogP) is 11.5. The van der Waals surface area contributed by atoms with Gasteiger partial charge in [0.15, 0.2) is 0 Å². The van der Waals surface area contributed by atoms with Crippen LogP contribution in [0.1, 0.15) is 200 Å². The zero-order valence-corrected chi connectivity index (χ0v) is 31.6. The maximum atomic E-state index is 12.9. The highest BCUT2D eigenvalue weighted by atomic mass is 16.2. The van der Waals surface area contributed by atoms with Crippen molar-refractivity contribution in [2.24, 2.45) is 5.73 Å². The Kier molecular flexibility index (Phi) is 35.6. The molecule has 48 heavy (non-hydrogen) atoms. The molecule has 0 aliphatic heterocycles. The third kappa shape index (κ3) is 35.0. The third-order valence-electron chi connectivity index (χ3n) is 8.93. The Hall–Kier alpha value is -2.37. The second kappa shape index (κ2) is 37.4. The molecule has 5 N–H and O–H groups in total. The molecule has 0 aromatic heterocycles. The lowest BCUT2D eigenvalue weighted by atomic mass is 10.1. The van der Waals surface area contributed by atoms with Crippen molar-refractivity contribution in [3.05, 3.63) is 36.5 Å². The van der Waals surface area contributed by atoms with E-state index in [2.05, 4.69) is 60.9 Å². The molecule has 0 radical (unpaired) electrons. The van der Waals surface area contributed by atoms with Crippen LogP contribution in [0.5, 0.6) is 0 Å². The Morgan fingerprint density at radius 3 is 1.54 bits per heavy atom. The minimum atomic E-state index is -0.552. The first-order valence-electron chi connectivity index (χ1n) is 20.4. The Morgan fingerprint density at radius 1 is 0.562 bits per heavy atom. The molecule has 0 spiro atoms. The Morgan fingerprint density at radius 2 is 1.00 bits per heavy atom. The van der Waals surface area contributed by atoms with Crippen LogP contribution in [0.4, 0.5) is 0 Å². The van der Waals surface area contributed by atoms with E-state index in [1.54, 1.807) is 0 Å². The van der Waals surface area contributed by atoms with Crippen LogP contribution >= 0.6 is 0 Å². The fourth-order valence-electron chi connectivity index (χ4n) is 5.84. The molecule has 1 unspecified atom stereocenters. The smallest absolute Gasteiger partial charge is 0.242 e. The Balaban J connectivity index is 3.98. The van der Waals surface area contributed by atoms with Gasteiger partial charge in [0.25, 0.3) is 0 Å². The summed E-state index contributed by atoms with van der Waals surface area (Å²) >= 11 is 0. The zero-order chi connectivity index (χ0) is 35.2. The molecule has 0 aromatic rings. The minimum Gasteiger partial charge on any atom is -0.388 e. The van der Waals surface area contributed by atoms with Gasteiger partial charge >= 0.3 is 0 Å². The van der Waals surface area contributed by atoms with Crippen LogP contribution in [0.25, 0.3) is 0 Å². The van der Waals surface area contributed by atoms with Crippen molar-refractivity contribution in [1.29, 1.82) is 5.41 Å². The van der Waals surface area contributed by atoms with Crippen molar-refractivity contribution >= 4 is 17.6 Å². The van der Waals surface area contributed by atoms with Crippen molar-refractivity contribution in [1.82, 2.24) is 10.6 Å². The maximum absolute atomic E-state index is 12.9. The summed E-state index contributed by atoms with van der Waals surface area (Å²) in [5.41, 5.74) is 5.52. The van der Waals surface area contributed by atoms with Gasteiger partial charge in [-0.05, 0) is 83.5 Å². The molecule has 2 amide bonds. The number of hydrogen-bond donors (Lipinski definition) is 4. The van der Waals surface area contributed by atoms with Gasteiger partial charge in [-0.3, -0.25) is 15.0 Å². The van der Waals surface area contributed by atoms with Gasteiger partial charge in [-0.2, -0.15) is 0 Å². The van der Waals surface area contributed by atoms with E-state index in [-0.39, 0.29) is 17.6 Å². The number of carbonyl (C=O) groups is 2. The highest BCUT2D eigenvalue weighted by Crippen LogP contribution is 2.11. The molecular formula is C42H78N4O2. The quantitative estimate of drug-likeness (QED) is 0.0230. The average molecular weight is 671 g/mol. The normalized spacial score (nSPS) is 12.4. The fraction of sp³-hybridized carbons (Fsp3) is 0.786. The van der Waals surface area contributed by atoms with Gasteiger partial charge in [-0.1, -0.05) is 140 Å². The van der Waals surface area contributed by atoms with Crippen molar-refractivity contribution in [2.45, 2.75) is 206 Å². The molecule has 0 bridgehead atoms. The van der Waals surface area contributed by atoms with Crippen molar-refractivity contribution in [3.8, 4) is 0 Å². The number of allylic oxidation sites excluding steroid dienone is 6. The summed E-state index contributed by atoms with van der Waals surface area (Å²) < 4.78 is 0. The van der Waals surface area contributed by atoms with E-state index >= 15 is 0 Å². The standard InChI is InChI=1S/C42H78N4O2/c1-3-5-7-9-11-13-15-17-19-21-23-25-27-29-31-33-38-45-42(48)39(35-34-36-40(43)44)46-41(47)37-32-30-28-26-24-22-20-18-16-14-12-10-8-6-4-2/h12,14,17-20,39H,3-11,13,15-16,21-38H2,1-2H3,(H3,43,44)(H,45,48)(H,46,47)/b14-12-,19-17-,20-18-. The van der Waals surface area contributed by atoms with Gasteiger partial charge in [0.2, 0.25) is 11.8 Å². The summed E-state index contributed by atoms with van der Waals surface area (Å²) in [5.74, 6) is -0.0459. The van der Waals surface area contributed by atoms with Crippen molar-refractivity contribution in [2.75, 3.05) is 6.54 Å². The summed E-state index contributed by atoms with van der Waals surface area (Å²) in [7, 11) is 0. The lowest BCUT2D eigenvalue weighted by Crippen LogP contribution is -2.47. The van der Waals surface area contributed by atoms with Crippen LogP contribution < -0.4 is 16.4 Å². The topological polar surface area (TPSA) is 108 Å². The predicted molar refractivity (Wildman–Crippen MR) is 210 cm³/mol. The van der Waals surface area contributed by atoms with Crippen LogP contribution in [0.15, 0.2) is 36.5 Å². The van der Waals surface area contributed by atoms with E-state index in [0.29, 0.717) is 32.2 Å². The molecule has 0 saturated heterocycles. The second-order valence-corrected chi connectivity index (χ2v) is 13.7. The molecule has 0 rings (SSSR count).